The van der Waals surface area contributed by atoms with E-state index >= 15 is 0 Å². The smallest absolute Gasteiger partial charge is 0.262 e. The molecule has 4 nitrogen and oxygen atoms in total. The van der Waals surface area contributed by atoms with Crippen molar-refractivity contribution in [2.45, 2.75) is 33.4 Å². The third-order valence-corrected chi connectivity index (χ3v) is 5.01. The average molecular weight is 392 g/mol. The molecular formula is C23H22ClN3O. The monoisotopic (exact) mass is 391 g/mol. The predicted molar refractivity (Wildman–Crippen MR) is 114 cm³/mol. The van der Waals surface area contributed by atoms with Gasteiger partial charge in [0.15, 0.2) is 0 Å². The van der Waals surface area contributed by atoms with Crippen LogP contribution in [0.2, 0.25) is 5.02 Å². The van der Waals surface area contributed by atoms with E-state index in [4.69, 9.17) is 11.6 Å². The number of hydrogen-bond acceptors (Lipinski definition) is 2. The molecule has 0 radical (unpaired) electrons. The van der Waals surface area contributed by atoms with Gasteiger partial charge in [-0.15, -0.1) is 0 Å². The van der Waals surface area contributed by atoms with E-state index in [9.17, 15) is 10.1 Å². The van der Waals surface area contributed by atoms with Crippen molar-refractivity contribution < 1.29 is 4.79 Å². The summed E-state index contributed by atoms with van der Waals surface area (Å²) in [5, 5.41) is 14.0. The van der Waals surface area contributed by atoms with Crippen molar-refractivity contribution in [3.8, 4) is 6.07 Å². The number of carbonyl (C=O) groups excluding carboxylic acids is 1. The van der Waals surface area contributed by atoms with Crippen molar-refractivity contribution in [2.24, 2.45) is 0 Å². The third-order valence-electron chi connectivity index (χ3n) is 4.64. The van der Waals surface area contributed by atoms with Gasteiger partial charge in [0.25, 0.3) is 5.91 Å². The second kappa shape index (κ2) is 8.33. The fraction of sp³-hybridized carbons (Fsp3) is 0.217. The molecule has 0 saturated heterocycles. The number of carbonyl (C=O) groups is 1. The number of hydrogen-bond donors (Lipinski definition) is 1. The maximum atomic E-state index is 12.4. The number of nitrogens with zero attached hydrogens (tertiary/aromatic N) is 2. The zero-order chi connectivity index (χ0) is 20.3. The molecule has 0 atom stereocenters. The predicted octanol–water partition coefficient (Wildman–Crippen LogP) is 5.08. The number of nitrogens with one attached hydrogen (secondary N) is 1. The average Bonchev–Trinajstić information content (AvgIpc) is 2.92. The van der Waals surface area contributed by atoms with Crippen molar-refractivity contribution in [1.29, 1.82) is 5.26 Å². The minimum absolute atomic E-state index is 0.0353. The highest BCUT2D eigenvalue weighted by molar-refractivity contribution is 6.31. The number of rotatable bonds is 5. The summed E-state index contributed by atoms with van der Waals surface area (Å²) in [7, 11) is 0. The number of nitriles is 1. The molecule has 0 aliphatic carbocycles. The van der Waals surface area contributed by atoms with E-state index in [0.29, 0.717) is 11.6 Å². The Morgan fingerprint density at radius 1 is 1.21 bits per heavy atom. The molecule has 1 aromatic heterocycles. The lowest BCUT2D eigenvalue weighted by Gasteiger charge is -2.10. The summed E-state index contributed by atoms with van der Waals surface area (Å²) in [5.41, 5.74) is 4.00. The summed E-state index contributed by atoms with van der Waals surface area (Å²) < 4.78 is 2.16. The molecule has 0 aliphatic heterocycles. The van der Waals surface area contributed by atoms with E-state index < -0.39 is 0 Å². The Balaban J connectivity index is 2.13. The number of amides is 1. The van der Waals surface area contributed by atoms with E-state index in [2.05, 4.69) is 9.88 Å². The molecule has 0 aliphatic rings. The number of aromatic nitrogens is 1. The molecule has 0 spiro atoms. The first kappa shape index (κ1) is 19.7. The molecule has 2 aromatic carbocycles. The normalized spacial score (nSPS) is 11.6. The molecule has 3 aromatic rings. The Kier molecular flexibility index (Phi) is 5.87. The number of fused-ring (bicyclic) bond motifs is 1. The first-order valence-corrected chi connectivity index (χ1v) is 9.54. The first-order chi connectivity index (χ1) is 13.4. The zero-order valence-corrected chi connectivity index (χ0v) is 16.9. The number of halogens is 1. The van der Waals surface area contributed by atoms with Crippen molar-refractivity contribution in [3.63, 3.8) is 0 Å². The zero-order valence-electron chi connectivity index (χ0n) is 16.2. The lowest BCUT2D eigenvalue weighted by molar-refractivity contribution is -0.117. The molecular weight excluding hydrogens is 370 g/mol. The number of para-hydroxylation sites is 1. The van der Waals surface area contributed by atoms with Gasteiger partial charge in [0.2, 0.25) is 0 Å². The maximum absolute atomic E-state index is 12.4. The Morgan fingerprint density at radius 2 is 1.89 bits per heavy atom. The van der Waals surface area contributed by atoms with Crippen molar-refractivity contribution >= 4 is 34.5 Å². The lowest BCUT2D eigenvalue weighted by atomic mass is 10.1. The minimum Gasteiger partial charge on any atom is -0.349 e. The molecule has 0 saturated carbocycles. The van der Waals surface area contributed by atoms with Gasteiger partial charge >= 0.3 is 0 Å². The SMILES string of the molecule is Cc1c(/C=C(/C#N)C(=O)NC(C)C)c2ccccc2n1Cc1ccccc1Cl. The molecule has 5 heteroatoms. The fourth-order valence-electron chi connectivity index (χ4n) is 3.27. The Hall–Kier alpha value is -3.03. The Labute approximate surface area is 170 Å². The van der Waals surface area contributed by atoms with Crippen LogP contribution in [0.4, 0.5) is 0 Å². The van der Waals surface area contributed by atoms with Crippen LogP contribution in [0.25, 0.3) is 17.0 Å². The van der Waals surface area contributed by atoms with Gasteiger partial charge in [-0.25, -0.2) is 0 Å². The summed E-state index contributed by atoms with van der Waals surface area (Å²) in [6, 6.07) is 17.7. The highest BCUT2D eigenvalue weighted by Gasteiger charge is 2.17. The van der Waals surface area contributed by atoms with Gasteiger partial charge in [-0.1, -0.05) is 48.0 Å². The van der Waals surface area contributed by atoms with E-state index in [1.165, 1.54) is 0 Å². The van der Waals surface area contributed by atoms with Crippen molar-refractivity contribution in [2.75, 3.05) is 0 Å². The van der Waals surface area contributed by atoms with Gasteiger partial charge in [0, 0.05) is 39.8 Å². The highest BCUT2D eigenvalue weighted by atomic mass is 35.5. The summed E-state index contributed by atoms with van der Waals surface area (Å²) in [5.74, 6) is -0.361. The van der Waals surface area contributed by atoms with Crippen LogP contribution in [0.15, 0.2) is 54.1 Å². The van der Waals surface area contributed by atoms with Gasteiger partial charge in [-0.3, -0.25) is 4.79 Å². The van der Waals surface area contributed by atoms with Crippen LogP contribution in [0, 0.1) is 18.3 Å². The second-order valence-corrected chi connectivity index (χ2v) is 7.40. The minimum atomic E-state index is -0.361. The van der Waals surface area contributed by atoms with Gasteiger partial charge in [0.05, 0.1) is 0 Å². The first-order valence-electron chi connectivity index (χ1n) is 9.16. The maximum Gasteiger partial charge on any atom is 0.262 e. The van der Waals surface area contributed by atoms with Gasteiger partial charge < -0.3 is 9.88 Å². The largest absolute Gasteiger partial charge is 0.349 e. The standard InChI is InChI=1S/C23H22ClN3O/c1-15(2)26-23(28)18(13-25)12-20-16(3)27(22-11-7-5-9-19(20)22)14-17-8-4-6-10-21(17)24/h4-12,15H,14H2,1-3H3,(H,26,28)/b18-12-. The van der Waals surface area contributed by atoms with Crippen LogP contribution in [0.1, 0.15) is 30.7 Å². The molecule has 0 bridgehead atoms. The number of benzene rings is 2. The molecule has 0 fully saturated rings. The molecule has 142 valence electrons. The van der Waals surface area contributed by atoms with Crippen molar-refractivity contribution in [3.05, 3.63) is 75.9 Å². The van der Waals surface area contributed by atoms with Crippen LogP contribution >= 0.6 is 11.6 Å². The molecule has 0 unspecified atom stereocenters. The van der Waals surface area contributed by atoms with Gasteiger partial charge in [-0.05, 0) is 44.5 Å². The molecule has 3 rings (SSSR count). The summed E-state index contributed by atoms with van der Waals surface area (Å²) in [6.45, 7) is 6.35. The highest BCUT2D eigenvalue weighted by Crippen LogP contribution is 2.29. The summed E-state index contributed by atoms with van der Waals surface area (Å²) in [6.07, 6.45) is 1.68. The Bertz CT molecular complexity index is 1100. The van der Waals surface area contributed by atoms with Gasteiger partial charge in [0.1, 0.15) is 11.6 Å². The van der Waals surface area contributed by atoms with Crippen LogP contribution < -0.4 is 5.32 Å². The van der Waals surface area contributed by atoms with Crippen LogP contribution in [0.3, 0.4) is 0 Å². The molecule has 1 heterocycles. The Morgan fingerprint density at radius 3 is 2.57 bits per heavy atom. The van der Waals surface area contributed by atoms with E-state index in [1.54, 1.807) is 6.08 Å². The quantitative estimate of drug-likeness (QED) is 0.486. The summed E-state index contributed by atoms with van der Waals surface area (Å²) >= 11 is 6.36. The molecule has 1 amide bonds. The van der Waals surface area contributed by atoms with Crippen molar-refractivity contribution in [1.82, 2.24) is 9.88 Å². The van der Waals surface area contributed by atoms with E-state index in [-0.39, 0.29) is 17.5 Å². The van der Waals surface area contributed by atoms with Crippen LogP contribution in [-0.4, -0.2) is 16.5 Å². The topological polar surface area (TPSA) is 57.8 Å². The van der Waals surface area contributed by atoms with Crippen LogP contribution in [-0.2, 0) is 11.3 Å². The van der Waals surface area contributed by atoms with Gasteiger partial charge in [-0.2, -0.15) is 5.26 Å². The third kappa shape index (κ3) is 3.95. The fourth-order valence-corrected chi connectivity index (χ4v) is 3.47. The van der Waals surface area contributed by atoms with E-state index in [1.807, 2.05) is 75.4 Å². The molecule has 1 N–H and O–H groups in total. The molecule has 28 heavy (non-hydrogen) atoms. The van der Waals surface area contributed by atoms with Crippen LogP contribution in [0.5, 0.6) is 0 Å². The lowest BCUT2D eigenvalue weighted by Crippen LogP contribution is -2.30. The van der Waals surface area contributed by atoms with E-state index in [0.717, 1.165) is 27.7 Å². The second-order valence-electron chi connectivity index (χ2n) is 6.99. The summed E-state index contributed by atoms with van der Waals surface area (Å²) in [4.78, 5) is 12.4.